The van der Waals surface area contributed by atoms with Gasteiger partial charge in [0, 0.05) is 12.2 Å². The number of aromatic nitrogens is 5. The lowest BCUT2D eigenvalue weighted by atomic mass is 10.2. The third-order valence-electron chi connectivity index (χ3n) is 2.74. The molecule has 1 amide bonds. The molecule has 0 saturated carbocycles. The number of nitrogens with zero attached hydrogens (tertiary/aromatic N) is 4. The maximum Gasteiger partial charge on any atom is 0.358 e. The van der Waals surface area contributed by atoms with E-state index in [2.05, 4.69) is 25.8 Å². The topological polar surface area (TPSA) is 126 Å². The minimum absolute atomic E-state index is 0.127. The number of carbonyl (C=O) groups is 2. The largest absolute Gasteiger partial charge is 0.476 e. The van der Waals surface area contributed by atoms with Crippen LogP contribution in [-0.2, 0) is 6.54 Å². The first-order valence-corrected chi connectivity index (χ1v) is 5.92. The smallest absolute Gasteiger partial charge is 0.358 e. The molecule has 0 aliphatic rings. The molecule has 0 saturated heterocycles. The molecule has 0 atom stereocenters. The minimum Gasteiger partial charge on any atom is -0.476 e. The molecule has 106 valence electrons. The van der Waals surface area contributed by atoms with Gasteiger partial charge in [-0.1, -0.05) is 5.21 Å². The number of carbonyl (C=O) groups excluding carboxylic acids is 1. The summed E-state index contributed by atoms with van der Waals surface area (Å²) in [7, 11) is 0. The van der Waals surface area contributed by atoms with Gasteiger partial charge in [-0.15, -0.1) is 5.10 Å². The van der Waals surface area contributed by atoms with Crippen LogP contribution >= 0.6 is 0 Å². The molecule has 20 heavy (non-hydrogen) atoms. The molecule has 2 heterocycles. The third-order valence-corrected chi connectivity index (χ3v) is 2.74. The molecule has 0 aliphatic carbocycles. The van der Waals surface area contributed by atoms with E-state index < -0.39 is 5.97 Å². The van der Waals surface area contributed by atoms with Gasteiger partial charge in [0.1, 0.15) is 0 Å². The van der Waals surface area contributed by atoms with Gasteiger partial charge < -0.3 is 10.4 Å². The van der Waals surface area contributed by atoms with E-state index in [0.717, 1.165) is 0 Å². The maximum absolute atomic E-state index is 11.9. The highest BCUT2D eigenvalue weighted by Gasteiger charge is 2.14. The predicted molar refractivity (Wildman–Crippen MR) is 67.4 cm³/mol. The van der Waals surface area contributed by atoms with Gasteiger partial charge in [0.2, 0.25) is 0 Å². The lowest BCUT2D eigenvalue weighted by Gasteiger charge is -2.04. The Balaban J connectivity index is 1.89. The molecule has 2 rings (SSSR count). The van der Waals surface area contributed by atoms with Crippen LogP contribution in [0.4, 0.5) is 0 Å². The summed E-state index contributed by atoms with van der Waals surface area (Å²) < 4.78 is 1.36. The normalized spacial score (nSPS) is 10.5. The number of amides is 1. The Kier molecular flexibility index (Phi) is 3.78. The van der Waals surface area contributed by atoms with Gasteiger partial charge in [0.05, 0.1) is 24.0 Å². The van der Waals surface area contributed by atoms with E-state index in [0.29, 0.717) is 30.0 Å². The summed E-state index contributed by atoms with van der Waals surface area (Å²) >= 11 is 0. The van der Waals surface area contributed by atoms with Crippen LogP contribution in [0.1, 0.15) is 32.2 Å². The first-order valence-electron chi connectivity index (χ1n) is 5.92. The van der Waals surface area contributed by atoms with E-state index in [1.165, 1.54) is 10.9 Å². The van der Waals surface area contributed by atoms with Crippen molar-refractivity contribution in [3.05, 3.63) is 28.8 Å². The van der Waals surface area contributed by atoms with Gasteiger partial charge in [0.25, 0.3) is 5.91 Å². The fraction of sp³-hybridized carbons (Fsp3) is 0.364. The average molecular weight is 278 g/mol. The van der Waals surface area contributed by atoms with Crippen molar-refractivity contribution in [1.82, 2.24) is 30.5 Å². The highest BCUT2D eigenvalue weighted by atomic mass is 16.4. The molecule has 3 N–H and O–H groups in total. The van der Waals surface area contributed by atoms with Gasteiger partial charge in [-0.3, -0.25) is 9.89 Å². The Morgan fingerprint density at radius 2 is 2.20 bits per heavy atom. The summed E-state index contributed by atoms with van der Waals surface area (Å²) in [5, 5.41) is 25.2. The summed E-state index contributed by atoms with van der Waals surface area (Å²) in [5.74, 6) is -1.36. The quantitative estimate of drug-likeness (QED) is 0.692. The minimum atomic E-state index is -1.13. The number of aromatic amines is 1. The van der Waals surface area contributed by atoms with E-state index in [-0.39, 0.29) is 11.6 Å². The number of aromatic carboxylic acids is 1. The fourth-order valence-corrected chi connectivity index (χ4v) is 1.76. The maximum atomic E-state index is 11.9. The van der Waals surface area contributed by atoms with E-state index in [1.807, 2.05) is 0 Å². The molecule has 9 nitrogen and oxygen atoms in total. The number of carboxylic acid groups (broad SMARTS) is 1. The van der Waals surface area contributed by atoms with E-state index in [9.17, 15) is 9.59 Å². The lowest BCUT2D eigenvalue weighted by Crippen LogP contribution is -2.28. The molecule has 2 aromatic heterocycles. The second-order valence-electron chi connectivity index (χ2n) is 4.24. The zero-order chi connectivity index (χ0) is 14.7. The Morgan fingerprint density at radius 1 is 1.45 bits per heavy atom. The molecule has 0 fully saturated rings. The predicted octanol–water partition coefficient (Wildman–Crippen LogP) is -0.254. The first kappa shape index (κ1) is 13.7. The van der Waals surface area contributed by atoms with Gasteiger partial charge in [-0.2, -0.15) is 5.10 Å². The van der Waals surface area contributed by atoms with Crippen molar-refractivity contribution in [3.63, 3.8) is 0 Å². The van der Waals surface area contributed by atoms with Crippen LogP contribution < -0.4 is 5.32 Å². The average Bonchev–Trinajstić information content (AvgIpc) is 2.97. The molecule has 0 aliphatic heterocycles. The van der Waals surface area contributed by atoms with Crippen LogP contribution in [0.15, 0.2) is 6.20 Å². The van der Waals surface area contributed by atoms with Gasteiger partial charge in [0.15, 0.2) is 5.69 Å². The first-order chi connectivity index (χ1) is 9.49. The fourth-order valence-electron chi connectivity index (χ4n) is 1.76. The van der Waals surface area contributed by atoms with Crippen molar-refractivity contribution in [3.8, 4) is 0 Å². The molecule has 0 radical (unpaired) electrons. The Morgan fingerprint density at radius 3 is 2.75 bits per heavy atom. The third kappa shape index (κ3) is 2.82. The number of aryl methyl sites for hydroxylation is 2. The number of nitrogens with one attached hydrogen (secondary N) is 2. The number of hydrogen-bond donors (Lipinski definition) is 3. The van der Waals surface area contributed by atoms with E-state index in [1.54, 1.807) is 13.8 Å². The lowest BCUT2D eigenvalue weighted by molar-refractivity contribution is 0.0690. The number of H-pyrrole nitrogens is 1. The SMILES string of the molecule is Cc1n[nH]c(C)c1C(=O)NCCn1cc(C(=O)O)nn1. The standard InChI is InChI=1S/C11H14N6O3/c1-6-9(7(2)14-13-6)10(18)12-3-4-17-5-8(11(19)20)15-16-17/h5H,3-4H2,1-2H3,(H,12,18)(H,13,14)(H,19,20). The molecular formula is C11H14N6O3. The second kappa shape index (κ2) is 5.51. The van der Waals surface area contributed by atoms with Gasteiger partial charge in [-0.25, -0.2) is 9.48 Å². The zero-order valence-electron chi connectivity index (χ0n) is 11.0. The molecule has 2 aromatic rings. The van der Waals surface area contributed by atoms with Crippen LogP contribution in [0, 0.1) is 13.8 Å². The Labute approximate surface area is 114 Å². The van der Waals surface area contributed by atoms with Crippen molar-refractivity contribution >= 4 is 11.9 Å². The van der Waals surface area contributed by atoms with Crippen molar-refractivity contribution in [2.24, 2.45) is 0 Å². The molecular weight excluding hydrogens is 264 g/mol. The van der Waals surface area contributed by atoms with Crippen LogP contribution in [-0.4, -0.2) is 48.7 Å². The summed E-state index contributed by atoms with van der Waals surface area (Å²) in [6.45, 7) is 4.16. The Bertz CT molecular complexity index is 625. The molecule has 9 heteroatoms. The summed E-state index contributed by atoms with van der Waals surface area (Å²) in [6.07, 6.45) is 1.31. The van der Waals surface area contributed by atoms with Crippen LogP contribution in [0.3, 0.4) is 0 Å². The summed E-state index contributed by atoms with van der Waals surface area (Å²) in [6, 6.07) is 0. The van der Waals surface area contributed by atoms with Crippen molar-refractivity contribution in [1.29, 1.82) is 0 Å². The van der Waals surface area contributed by atoms with Crippen molar-refractivity contribution in [2.45, 2.75) is 20.4 Å². The molecule has 0 unspecified atom stereocenters. The van der Waals surface area contributed by atoms with Crippen molar-refractivity contribution < 1.29 is 14.7 Å². The summed E-state index contributed by atoms with van der Waals surface area (Å²) in [4.78, 5) is 22.6. The van der Waals surface area contributed by atoms with Crippen LogP contribution in [0.25, 0.3) is 0 Å². The molecule has 0 spiro atoms. The second-order valence-corrected chi connectivity index (χ2v) is 4.24. The number of rotatable bonds is 5. The van der Waals surface area contributed by atoms with E-state index >= 15 is 0 Å². The zero-order valence-corrected chi connectivity index (χ0v) is 11.0. The molecule has 0 aromatic carbocycles. The van der Waals surface area contributed by atoms with Crippen LogP contribution in [0.5, 0.6) is 0 Å². The van der Waals surface area contributed by atoms with Gasteiger partial charge in [-0.05, 0) is 13.8 Å². The highest BCUT2D eigenvalue weighted by Crippen LogP contribution is 2.08. The van der Waals surface area contributed by atoms with E-state index in [4.69, 9.17) is 5.11 Å². The Hall–Kier alpha value is -2.71. The highest BCUT2D eigenvalue weighted by molar-refractivity contribution is 5.96. The monoisotopic (exact) mass is 278 g/mol. The summed E-state index contributed by atoms with van der Waals surface area (Å²) in [5.41, 5.74) is 1.73. The van der Waals surface area contributed by atoms with Crippen LogP contribution in [0.2, 0.25) is 0 Å². The number of hydrogen-bond acceptors (Lipinski definition) is 5. The number of carboxylic acids is 1. The molecule has 0 bridgehead atoms. The van der Waals surface area contributed by atoms with Gasteiger partial charge >= 0.3 is 5.97 Å². The van der Waals surface area contributed by atoms with Crippen molar-refractivity contribution in [2.75, 3.05) is 6.54 Å².